The van der Waals surface area contributed by atoms with Crippen molar-refractivity contribution < 1.29 is 24.0 Å². The number of carbonyl (C=O) groups is 2. The minimum absolute atomic E-state index is 0.0382. The Labute approximate surface area is 176 Å². The van der Waals surface area contributed by atoms with Crippen LogP contribution in [0.1, 0.15) is 5.56 Å². The van der Waals surface area contributed by atoms with Crippen LogP contribution in [0.3, 0.4) is 0 Å². The number of nitro groups is 1. The van der Waals surface area contributed by atoms with Gasteiger partial charge in [0.15, 0.2) is 11.5 Å². The first-order valence-electron chi connectivity index (χ1n) is 8.92. The zero-order chi connectivity index (χ0) is 21.5. The number of imide groups is 1. The molecule has 9 heteroatoms. The zero-order valence-electron chi connectivity index (χ0n) is 16.0. The van der Waals surface area contributed by atoms with Crippen LogP contribution in [-0.4, -0.2) is 41.2 Å². The molecular formula is C21H18N2O6S. The summed E-state index contributed by atoms with van der Waals surface area (Å²) in [5.41, 5.74) is 0.368. The number of rotatable bonds is 8. The Balaban J connectivity index is 1.62. The molecule has 30 heavy (non-hydrogen) atoms. The van der Waals surface area contributed by atoms with Gasteiger partial charge in [-0.05, 0) is 42.1 Å². The van der Waals surface area contributed by atoms with E-state index in [0.29, 0.717) is 17.1 Å². The average molecular weight is 426 g/mol. The second-order valence-electron chi connectivity index (χ2n) is 6.03. The lowest BCUT2D eigenvalue weighted by atomic mass is 10.1. The summed E-state index contributed by atoms with van der Waals surface area (Å²) in [6, 6.07) is 13.4. The smallest absolute Gasteiger partial charge is 0.293 e. The lowest BCUT2D eigenvalue weighted by molar-refractivity contribution is -0.385. The maximum atomic E-state index is 12.5. The van der Waals surface area contributed by atoms with E-state index in [4.69, 9.17) is 9.47 Å². The third-order valence-electron chi connectivity index (χ3n) is 4.17. The third-order valence-corrected chi connectivity index (χ3v) is 5.10. The van der Waals surface area contributed by atoms with Gasteiger partial charge in [0.1, 0.15) is 6.61 Å². The average Bonchev–Trinajstić information content (AvgIpc) is 3.02. The first-order valence-corrected chi connectivity index (χ1v) is 9.74. The van der Waals surface area contributed by atoms with Crippen LogP contribution in [0, 0.1) is 10.1 Å². The fourth-order valence-corrected chi connectivity index (χ4v) is 3.54. The van der Waals surface area contributed by atoms with Crippen molar-refractivity contribution >= 4 is 34.7 Å². The number of hydrogen-bond acceptors (Lipinski definition) is 7. The van der Waals surface area contributed by atoms with Gasteiger partial charge in [-0.2, -0.15) is 0 Å². The van der Waals surface area contributed by atoms with E-state index in [2.05, 4.69) is 0 Å². The van der Waals surface area contributed by atoms with Gasteiger partial charge in [0.25, 0.3) is 16.8 Å². The summed E-state index contributed by atoms with van der Waals surface area (Å²) in [6.07, 6.45) is 4.52. The van der Waals surface area contributed by atoms with Gasteiger partial charge in [-0.1, -0.05) is 30.3 Å². The molecule has 2 aromatic rings. The molecule has 0 saturated carbocycles. The number of para-hydroxylation sites is 3. The molecule has 0 atom stereocenters. The summed E-state index contributed by atoms with van der Waals surface area (Å²) in [6.45, 7) is 0.214. The molecule has 0 unspecified atom stereocenters. The Morgan fingerprint density at radius 2 is 1.80 bits per heavy atom. The summed E-state index contributed by atoms with van der Waals surface area (Å²) in [5.74, 6) is 0.655. The minimum Gasteiger partial charge on any atom is -0.493 e. The topological polar surface area (TPSA) is 99.0 Å². The second kappa shape index (κ2) is 9.75. The van der Waals surface area contributed by atoms with Gasteiger partial charge in [0, 0.05) is 6.07 Å². The number of methoxy groups -OCH3 is 1. The van der Waals surface area contributed by atoms with Crippen molar-refractivity contribution in [3.05, 3.63) is 81.3 Å². The Hall–Kier alpha value is -3.59. The predicted molar refractivity (Wildman–Crippen MR) is 113 cm³/mol. The van der Waals surface area contributed by atoms with Crippen molar-refractivity contribution in [2.24, 2.45) is 0 Å². The van der Waals surface area contributed by atoms with E-state index in [-0.39, 0.29) is 23.7 Å². The van der Waals surface area contributed by atoms with Crippen molar-refractivity contribution in [2.45, 2.75) is 0 Å². The van der Waals surface area contributed by atoms with Gasteiger partial charge >= 0.3 is 0 Å². The molecule has 1 fully saturated rings. The van der Waals surface area contributed by atoms with E-state index in [0.717, 1.165) is 16.7 Å². The van der Waals surface area contributed by atoms with Gasteiger partial charge in [-0.3, -0.25) is 24.6 Å². The van der Waals surface area contributed by atoms with Crippen molar-refractivity contribution in [1.82, 2.24) is 4.90 Å². The molecule has 2 aromatic carbocycles. The normalized spacial score (nSPS) is 15.2. The Morgan fingerprint density at radius 1 is 1.10 bits per heavy atom. The first-order chi connectivity index (χ1) is 14.5. The lowest BCUT2D eigenvalue weighted by Gasteiger charge is -2.14. The highest BCUT2D eigenvalue weighted by Crippen LogP contribution is 2.31. The summed E-state index contributed by atoms with van der Waals surface area (Å²) >= 11 is 0.815. The molecule has 0 radical (unpaired) electrons. The van der Waals surface area contributed by atoms with Crippen LogP contribution >= 0.6 is 11.8 Å². The standard InChI is InChI=1S/C21H18N2O6S/c1-28-17-10-4-5-11-18(17)29-14-13-22-20(24)19(30-21(22)25)12-6-8-15-7-2-3-9-16(15)23(26)27/h2-12H,13-14H2,1H3/b8-6+,19-12-. The molecule has 0 aliphatic carbocycles. The predicted octanol–water partition coefficient (Wildman–Crippen LogP) is 4.27. The van der Waals surface area contributed by atoms with E-state index in [1.807, 2.05) is 6.07 Å². The summed E-state index contributed by atoms with van der Waals surface area (Å²) < 4.78 is 10.8. The van der Waals surface area contributed by atoms with E-state index < -0.39 is 16.1 Å². The van der Waals surface area contributed by atoms with Crippen LogP contribution in [0.15, 0.2) is 65.6 Å². The highest BCUT2D eigenvalue weighted by molar-refractivity contribution is 8.18. The molecule has 8 nitrogen and oxygen atoms in total. The quantitative estimate of drug-likeness (QED) is 0.353. The number of amides is 2. The number of allylic oxidation sites excluding steroid dienone is 2. The summed E-state index contributed by atoms with van der Waals surface area (Å²) in [7, 11) is 1.53. The molecule has 1 aliphatic heterocycles. The molecule has 1 saturated heterocycles. The zero-order valence-corrected chi connectivity index (χ0v) is 16.8. The molecule has 3 rings (SSSR count). The van der Waals surface area contributed by atoms with Crippen molar-refractivity contribution in [3.8, 4) is 11.5 Å². The largest absolute Gasteiger partial charge is 0.493 e. The molecule has 0 bridgehead atoms. The van der Waals surface area contributed by atoms with E-state index in [9.17, 15) is 19.7 Å². The number of benzene rings is 2. The summed E-state index contributed by atoms with van der Waals surface area (Å²) in [5, 5.41) is 10.7. The Kier molecular flexibility index (Phi) is 6.87. The molecule has 2 amide bonds. The van der Waals surface area contributed by atoms with Gasteiger partial charge in [-0.15, -0.1) is 0 Å². The van der Waals surface area contributed by atoms with Crippen LogP contribution in [0.5, 0.6) is 11.5 Å². The van der Waals surface area contributed by atoms with Gasteiger partial charge < -0.3 is 9.47 Å². The number of thioether (sulfide) groups is 1. The minimum atomic E-state index is -0.477. The Bertz CT molecular complexity index is 1030. The fourth-order valence-electron chi connectivity index (χ4n) is 2.73. The monoisotopic (exact) mass is 426 g/mol. The maximum absolute atomic E-state index is 12.5. The van der Waals surface area contributed by atoms with Crippen molar-refractivity contribution in [3.63, 3.8) is 0 Å². The highest BCUT2D eigenvalue weighted by Gasteiger charge is 2.34. The van der Waals surface area contributed by atoms with Gasteiger partial charge in [0.2, 0.25) is 0 Å². The number of carbonyl (C=O) groups excluding carboxylic acids is 2. The molecular weight excluding hydrogens is 408 g/mol. The molecule has 154 valence electrons. The number of nitro benzene ring substituents is 1. The number of ether oxygens (including phenoxy) is 2. The van der Waals surface area contributed by atoms with E-state index >= 15 is 0 Å². The molecule has 0 spiro atoms. The molecule has 0 N–H and O–H groups in total. The van der Waals surface area contributed by atoms with Crippen LogP contribution < -0.4 is 9.47 Å². The van der Waals surface area contributed by atoms with E-state index in [1.54, 1.807) is 36.4 Å². The van der Waals surface area contributed by atoms with Crippen LogP contribution in [-0.2, 0) is 4.79 Å². The van der Waals surface area contributed by atoms with E-state index in [1.165, 1.54) is 31.4 Å². The highest BCUT2D eigenvalue weighted by atomic mass is 32.2. The molecule has 1 heterocycles. The van der Waals surface area contributed by atoms with Crippen molar-refractivity contribution in [1.29, 1.82) is 0 Å². The van der Waals surface area contributed by atoms with Gasteiger partial charge in [0.05, 0.1) is 29.0 Å². The summed E-state index contributed by atoms with van der Waals surface area (Å²) in [4.78, 5) is 36.6. The van der Waals surface area contributed by atoms with Crippen molar-refractivity contribution in [2.75, 3.05) is 20.3 Å². The SMILES string of the molecule is COc1ccccc1OCCN1C(=O)S/C(=C\C=C\c2ccccc2[N+](=O)[O-])C1=O. The lowest BCUT2D eigenvalue weighted by Crippen LogP contribution is -2.32. The molecule has 1 aliphatic rings. The van der Waals surface area contributed by atoms with Crippen LogP contribution in [0.2, 0.25) is 0 Å². The van der Waals surface area contributed by atoms with Crippen LogP contribution in [0.4, 0.5) is 10.5 Å². The Morgan fingerprint density at radius 3 is 2.53 bits per heavy atom. The fraction of sp³-hybridized carbons (Fsp3) is 0.143. The number of hydrogen-bond donors (Lipinski definition) is 0. The number of nitrogens with zero attached hydrogens (tertiary/aromatic N) is 2. The second-order valence-corrected chi connectivity index (χ2v) is 7.02. The third kappa shape index (κ3) is 4.87. The maximum Gasteiger partial charge on any atom is 0.293 e. The first kappa shape index (κ1) is 21.1. The van der Waals surface area contributed by atoms with Crippen LogP contribution in [0.25, 0.3) is 6.08 Å². The molecule has 0 aromatic heterocycles. The van der Waals surface area contributed by atoms with Gasteiger partial charge in [-0.25, -0.2) is 0 Å².